The maximum atomic E-state index is 9.33. The van der Waals surface area contributed by atoms with Crippen LogP contribution in [0.5, 0.6) is 0 Å². The second-order valence-corrected chi connectivity index (χ2v) is 4.80. The summed E-state index contributed by atoms with van der Waals surface area (Å²) in [6.07, 6.45) is 4.68. The predicted molar refractivity (Wildman–Crippen MR) is 78.1 cm³/mol. The molecule has 4 nitrogen and oxygen atoms in total. The van der Waals surface area contributed by atoms with Crippen LogP contribution < -0.4 is 5.32 Å². The fraction of sp³-hybridized carbons (Fsp3) is 0.933. The maximum Gasteiger partial charge on any atom is 0.106 e. The first kappa shape index (κ1) is 18.4. The van der Waals surface area contributed by atoms with Gasteiger partial charge in [-0.05, 0) is 38.6 Å². The van der Waals surface area contributed by atoms with Crippen molar-refractivity contribution in [3.8, 4) is 6.07 Å². The first-order chi connectivity index (χ1) is 9.24. The van der Waals surface area contributed by atoms with Crippen LogP contribution in [0.4, 0.5) is 0 Å². The van der Waals surface area contributed by atoms with E-state index in [2.05, 4.69) is 32.2 Å². The summed E-state index contributed by atoms with van der Waals surface area (Å²) >= 11 is 0. The quantitative estimate of drug-likeness (QED) is 0.523. The van der Waals surface area contributed by atoms with Crippen molar-refractivity contribution < 1.29 is 9.47 Å². The van der Waals surface area contributed by atoms with Crippen LogP contribution in [-0.2, 0) is 9.47 Å². The molecular formula is C15H30N2O2. The SMILES string of the molecule is CCCNC(C#N)(CC)CCCOCCOCCC. The zero-order valence-electron chi connectivity index (χ0n) is 12.8. The van der Waals surface area contributed by atoms with Crippen LogP contribution in [0, 0.1) is 11.3 Å². The van der Waals surface area contributed by atoms with Gasteiger partial charge in [-0.1, -0.05) is 20.8 Å². The summed E-state index contributed by atoms with van der Waals surface area (Å²) in [5.41, 5.74) is -0.377. The molecule has 0 aliphatic rings. The van der Waals surface area contributed by atoms with Crippen LogP contribution >= 0.6 is 0 Å². The Balaban J connectivity index is 3.67. The second kappa shape index (κ2) is 12.4. The van der Waals surface area contributed by atoms with Crippen LogP contribution in [0.2, 0.25) is 0 Å². The van der Waals surface area contributed by atoms with Crippen molar-refractivity contribution >= 4 is 0 Å². The van der Waals surface area contributed by atoms with E-state index in [0.29, 0.717) is 19.8 Å². The van der Waals surface area contributed by atoms with Crippen LogP contribution in [0.1, 0.15) is 52.9 Å². The molecule has 1 unspecified atom stereocenters. The third kappa shape index (κ3) is 8.99. The van der Waals surface area contributed by atoms with E-state index in [9.17, 15) is 5.26 Å². The minimum absolute atomic E-state index is 0.377. The number of nitrogens with zero attached hydrogens (tertiary/aromatic N) is 1. The van der Waals surface area contributed by atoms with Gasteiger partial charge < -0.3 is 9.47 Å². The van der Waals surface area contributed by atoms with Gasteiger partial charge in [-0.15, -0.1) is 0 Å². The van der Waals surface area contributed by atoms with Crippen molar-refractivity contribution in [1.29, 1.82) is 5.26 Å². The lowest BCUT2D eigenvalue weighted by Gasteiger charge is -2.26. The average molecular weight is 270 g/mol. The molecule has 0 fully saturated rings. The Bertz CT molecular complexity index is 241. The molecule has 0 aromatic heterocycles. The summed E-state index contributed by atoms with van der Waals surface area (Å²) in [7, 11) is 0. The topological polar surface area (TPSA) is 54.3 Å². The molecule has 0 aliphatic heterocycles. The summed E-state index contributed by atoms with van der Waals surface area (Å²) in [4.78, 5) is 0. The van der Waals surface area contributed by atoms with Gasteiger partial charge in [0.15, 0.2) is 0 Å². The summed E-state index contributed by atoms with van der Waals surface area (Å²) in [5, 5.41) is 12.7. The highest BCUT2D eigenvalue weighted by atomic mass is 16.5. The molecular weight excluding hydrogens is 240 g/mol. The lowest BCUT2D eigenvalue weighted by Crippen LogP contribution is -2.44. The molecule has 0 aromatic rings. The molecule has 1 N–H and O–H groups in total. The van der Waals surface area contributed by atoms with Crippen LogP contribution in [0.3, 0.4) is 0 Å². The van der Waals surface area contributed by atoms with E-state index in [-0.39, 0.29) is 5.54 Å². The fourth-order valence-corrected chi connectivity index (χ4v) is 1.87. The Kier molecular flexibility index (Phi) is 12.0. The number of nitriles is 1. The second-order valence-electron chi connectivity index (χ2n) is 4.80. The van der Waals surface area contributed by atoms with Crippen LogP contribution in [-0.4, -0.2) is 38.5 Å². The Morgan fingerprint density at radius 2 is 1.68 bits per heavy atom. The molecule has 0 saturated carbocycles. The van der Waals surface area contributed by atoms with E-state index in [1.165, 1.54) is 0 Å². The smallest absolute Gasteiger partial charge is 0.106 e. The van der Waals surface area contributed by atoms with Gasteiger partial charge in [0.2, 0.25) is 0 Å². The van der Waals surface area contributed by atoms with E-state index in [1.54, 1.807) is 0 Å². The first-order valence-corrected chi connectivity index (χ1v) is 7.56. The Morgan fingerprint density at radius 1 is 1.00 bits per heavy atom. The molecule has 0 spiro atoms. The van der Waals surface area contributed by atoms with Crippen molar-refractivity contribution in [3.63, 3.8) is 0 Å². The molecule has 0 bridgehead atoms. The molecule has 4 heteroatoms. The highest BCUT2D eigenvalue weighted by Gasteiger charge is 2.25. The van der Waals surface area contributed by atoms with Crippen molar-refractivity contribution in [3.05, 3.63) is 0 Å². The normalized spacial score (nSPS) is 14.0. The van der Waals surface area contributed by atoms with Gasteiger partial charge in [-0.2, -0.15) is 5.26 Å². The number of hydrogen-bond acceptors (Lipinski definition) is 4. The Labute approximate surface area is 118 Å². The van der Waals surface area contributed by atoms with Gasteiger partial charge in [0.1, 0.15) is 5.54 Å². The minimum Gasteiger partial charge on any atom is -0.379 e. The molecule has 0 amide bonds. The van der Waals surface area contributed by atoms with E-state index >= 15 is 0 Å². The van der Waals surface area contributed by atoms with E-state index in [4.69, 9.17) is 9.47 Å². The summed E-state index contributed by atoms with van der Waals surface area (Å²) < 4.78 is 10.8. The van der Waals surface area contributed by atoms with Gasteiger partial charge >= 0.3 is 0 Å². The number of ether oxygens (including phenoxy) is 2. The van der Waals surface area contributed by atoms with Gasteiger partial charge in [0, 0.05) is 13.2 Å². The summed E-state index contributed by atoms with van der Waals surface area (Å²) in [5.74, 6) is 0. The van der Waals surface area contributed by atoms with Crippen molar-refractivity contribution in [2.45, 2.75) is 58.4 Å². The minimum atomic E-state index is -0.377. The highest BCUT2D eigenvalue weighted by Crippen LogP contribution is 2.16. The van der Waals surface area contributed by atoms with E-state index in [1.807, 2.05) is 0 Å². The molecule has 0 radical (unpaired) electrons. The maximum absolute atomic E-state index is 9.33. The predicted octanol–water partition coefficient (Wildman–Crippen LogP) is 2.88. The third-order valence-corrected chi connectivity index (χ3v) is 3.14. The standard InChI is InChI=1S/C15H30N2O2/c1-4-9-17-15(6-3,14-16)8-7-11-19-13-12-18-10-5-2/h17H,4-13H2,1-3H3. The first-order valence-electron chi connectivity index (χ1n) is 7.56. The molecule has 19 heavy (non-hydrogen) atoms. The van der Waals surface area contributed by atoms with Crippen LogP contribution in [0.15, 0.2) is 0 Å². The fourth-order valence-electron chi connectivity index (χ4n) is 1.87. The zero-order chi connectivity index (χ0) is 14.4. The van der Waals surface area contributed by atoms with Gasteiger partial charge in [0.05, 0.1) is 19.3 Å². The van der Waals surface area contributed by atoms with Gasteiger partial charge in [-0.3, -0.25) is 5.32 Å². The number of nitrogens with one attached hydrogen (secondary N) is 1. The van der Waals surface area contributed by atoms with Gasteiger partial charge in [0.25, 0.3) is 0 Å². The Morgan fingerprint density at radius 3 is 2.21 bits per heavy atom. The van der Waals surface area contributed by atoms with Crippen molar-refractivity contribution in [2.75, 3.05) is 33.0 Å². The lowest BCUT2D eigenvalue weighted by atomic mass is 9.92. The summed E-state index contributed by atoms with van der Waals surface area (Å²) in [6.45, 7) is 9.98. The Hall–Kier alpha value is -0.630. The monoisotopic (exact) mass is 270 g/mol. The average Bonchev–Trinajstić information content (AvgIpc) is 2.45. The van der Waals surface area contributed by atoms with Crippen molar-refractivity contribution in [1.82, 2.24) is 5.32 Å². The molecule has 0 aliphatic carbocycles. The number of rotatable bonds is 13. The molecule has 0 heterocycles. The van der Waals surface area contributed by atoms with Crippen molar-refractivity contribution in [2.24, 2.45) is 0 Å². The molecule has 112 valence electrons. The van der Waals surface area contributed by atoms with Gasteiger partial charge in [-0.25, -0.2) is 0 Å². The molecule has 0 saturated heterocycles. The molecule has 1 atom stereocenters. The van der Waals surface area contributed by atoms with E-state index < -0.39 is 0 Å². The van der Waals surface area contributed by atoms with Crippen LogP contribution in [0.25, 0.3) is 0 Å². The highest BCUT2D eigenvalue weighted by molar-refractivity contribution is 5.05. The zero-order valence-corrected chi connectivity index (χ0v) is 12.8. The third-order valence-electron chi connectivity index (χ3n) is 3.14. The number of hydrogen-bond donors (Lipinski definition) is 1. The molecule has 0 aromatic carbocycles. The summed E-state index contributed by atoms with van der Waals surface area (Å²) in [6, 6.07) is 2.43. The molecule has 0 rings (SSSR count). The largest absolute Gasteiger partial charge is 0.379 e. The lowest BCUT2D eigenvalue weighted by molar-refractivity contribution is 0.0452. The van der Waals surface area contributed by atoms with E-state index in [0.717, 1.165) is 45.3 Å².